The van der Waals surface area contributed by atoms with E-state index >= 15 is 0 Å². The van der Waals surface area contributed by atoms with Crippen LogP contribution in [0.4, 0.5) is 0 Å². The molecule has 7 nitrogen and oxygen atoms in total. The number of hydrogen-bond donors (Lipinski definition) is 1. The van der Waals surface area contributed by atoms with Crippen molar-refractivity contribution in [3.63, 3.8) is 0 Å². The number of nitrogens with one attached hydrogen (secondary N) is 1. The minimum Gasteiger partial charge on any atom is -0.473 e. The minimum atomic E-state index is -3.73. The van der Waals surface area contributed by atoms with Crippen LogP contribution < -0.4 is 10.1 Å². The van der Waals surface area contributed by atoms with Gasteiger partial charge in [0.15, 0.2) is 0 Å². The lowest BCUT2D eigenvalue weighted by Gasteiger charge is -2.23. The number of aryl methyl sites for hydroxylation is 1. The number of ether oxygens (including phenoxy) is 1. The summed E-state index contributed by atoms with van der Waals surface area (Å²) in [6.07, 6.45) is 2.78. The third-order valence-electron chi connectivity index (χ3n) is 5.63. The van der Waals surface area contributed by atoms with Crippen LogP contribution in [0, 0.1) is 6.92 Å². The summed E-state index contributed by atoms with van der Waals surface area (Å²) in [7, 11) is -3.73. The molecule has 1 aliphatic rings. The molecule has 172 valence electrons. The Hall–Kier alpha value is -3.23. The molecule has 1 saturated heterocycles. The van der Waals surface area contributed by atoms with Crippen molar-refractivity contribution in [3.05, 3.63) is 89.6 Å². The third-order valence-corrected chi connectivity index (χ3v) is 7.55. The molecule has 1 fully saturated rings. The molecule has 33 heavy (non-hydrogen) atoms. The van der Waals surface area contributed by atoms with Crippen molar-refractivity contribution in [2.24, 2.45) is 0 Å². The molecule has 0 unspecified atom stereocenters. The fourth-order valence-corrected chi connectivity index (χ4v) is 5.47. The molecule has 1 N–H and O–H groups in total. The van der Waals surface area contributed by atoms with Crippen molar-refractivity contribution < 1.29 is 17.9 Å². The van der Waals surface area contributed by atoms with Gasteiger partial charge in [-0.25, -0.2) is 13.4 Å². The highest BCUT2D eigenvalue weighted by molar-refractivity contribution is 7.89. The average molecular weight is 466 g/mol. The Morgan fingerprint density at radius 2 is 1.85 bits per heavy atom. The summed E-state index contributed by atoms with van der Waals surface area (Å²) in [6, 6.07) is 19.4. The van der Waals surface area contributed by atoms with Crippen LogP contribution in [0.1, 0.15) is 29.5 Å². The molecule has 1 atom stereocenters. The zero-order chi connectivity index (χ0) is 23.3. The molecule has 1 aromatic heterocycles. The second kappa shape index (κ2) is 10.1. The van der Waals surface area contributed by atoms with Gasteiger partial charge in [0.05, 0.1) is 4.90 Å². The number of nitrogens with zero attached hydrogens (tertiary/aromatic N) is 2. The number of carbonyl (C=O) groups excluding carboxylic acids is 1. The van der Waals surface area contributed by atoms with Crippen LogP contribution in [0.5, 0.6) is 5.88 Å². The highest BCUT2D eigenvalue weighted by Gasteiger charge is 2.39. The van der Waals surface area contributed by atoms with E-state index in [2.05, 4.69) is 10.3 Å². The van der Waals surface area contributed by atoms with Gasteiger partial charge in [-0.1, -0.05) is 48.0 Å². The van der Waals surface area contributed by atoms with Crippen LogP contribution in [0.2, 0.25) is 0 Å². The first-order chi connectivity index (χ1) is 15.9. The van der Waals surface area contributed by atoms with Crippen molar-refractivity contribution >= 4 is 15.9 Å². The summed E-state index contributed by atoms with van der Waals surface area (Å²) < 4.78 is 33.2. The number of carbonyl (C=O) groups is 1. The van der Waals surface area contributed by atoms with Crippen molar-refractivity contribution in [1.82, 2.24) is 14.6 Å². The Labute approximate surface area is 194 Å². The van der Waals surface area contributed by atoms with E-state index < -0.39 is 16.1 Å². The number of amides is 1. The van der Waals surface area contributed by atoms with Gasteiger partial charge in [-0.3, -0.25) is 4.79 Å². The largest absolute Gasteiger partial charge is 0.473 e. The Bertz CT molecular complexity index is 1200. The molecule has 2 aromatic carbocycles. The van der Waals surface area contributed by atoms with Crippen LogP contribution in [-0.2, 0) is 28.0 Å². The van der Waals surface area contributed by atoms with Crippen LogP contribution >= 0.6 is 0 Å². The Morgan fingerprint density at radius 1 is 1.09 bits per heavy atom. The summed E-state index contributed by atoms with van der Waals surface area (Å²) in [5.41, 5.74) is 2.84. The Morgan fingerprint density at radius 3 is 2.61 bits per heavy atom. The van der Waals surface area contributed by atoms with Gasteiger partial charge >= 0.3 is 0 Å². The Balaban J connectivity index is 1.37. The number of hydrogen-bond acceptors (Lipinski definition) is 5. The predicted octanol–water partition coefficient (Wildman–Crippen LogP) is 3.44. The van der Waals surface area contributed by atoms with Gasteiger partial charge in [0.25, 0.3) is 0 Å². The van der Waals surface area contributed by atoms with E-state index in [1.807, 2.05) is 37.3 Å². The normalized spacial score (nSPS) is 16.5. The monoisotopic (exact) mass is 465 g/mol. The van der Waals surface area contributed by atoms with Gasteiger partial charge in [0.2, 0.25) is 21.8 Å². The first-order valence-corrected chi connectivity index (χ1v) is 12.4. The molecule has 0 spiro atoms. The van der Waals surface area contributed by atoms with E-state index in [4.69, 9.17) is 4.74 Å². The van der Waals surface area contributed by atoms with Gasteiger partial charge in [-0.15, -0.1) is 0 Å². The minimum absolute atomic E-state index is 0.210. The molecule has 2 heterocycles. The van der Waals surface area contributed by atoms with Crippen LogP contribution in [0.25, 0.3) is 0 Å². The maximum Gasteiger partial charge on any atom is 0.243 e. The lowest BCUT2D eigenvalue weighted by atomic mass is 10.2. The van der Waals surface area contributed by atoms with Gasteiger partial charge in [0, 0.05) is 25.4 Å². The molecular weight excluding hydrogens is 438 g/mol. The zero-order valence-electron chi connectivity index (χ0n) is 18.5. The molecule has 0 radical (unpaired) electrons. The van der Waals surface area contributed by atoms with Crippen molar-refractivity contribution in [2.75, 3.05) is 6.54 Å². The van der Waals surface area contributed by atoms with Gasteiger partial charge in [-0.2, -0.15) is 4.31 Å². The molecule has 3 aromatic rings. The quantitative estimate of drug-likeness (QED) is 0.551. The Kier molecular flexibility index (Phi) is 7.05. The summed E-state index contributed by atoms with van der Waals surface area (Å²) in [5.74, 6) is 0.168. The average Bonchev–Trinajstić information content (AvgIpc) is 3.34. The molecular formula is C25H27N3O4S. The standard InChI is InChI=1S/C25H27N3O4S/c1-19-9-11-22(12-10-19)33(30,31)28-15-5-8-23(28)25(29)27-17-21-13-14-26-24(16-21)32-18-20-6-3-2-4-7-20/h2-4,6-7,9-14,16,23H,5,8,15,17-18H2,1H3,(H,27,29)/t23-/m0/s1. The highest BCUT2D eigenvalue weighted by atomic mass is 32.2. The van der Waals surface area contributed by atoms with Crippen molar-refractivity contribution in [3.8, 4) is 5.88 Å². The number of rotatable bonds is 8. The number of benzene rings is 2. The molecule has 1 aliphatic heterocycles. The van der Waals surface area contributed by atoms with E-state index in [1.54, 1.807) is 42.6 Å². The summed E-state index contributed by atoms with van der Waals surface area (Å²) in [6.45, 7) is 2.90. The number of aromatic nitrogens is 1. The molecule has 4 rings (SSSR count). The molecule has 8 heteroatoms. The van der Waals surface area contributed by atoms with Crippen LogP contribution in [0.3, 0.4) is 0 Å². The van der Waals surface area contributed by atoms with E-state index in [-0.39, 0.29) is 17.3 Å². The molecule has 0 bridgehead atoms. The predicted molar refractivity (Wildman–Crippen MR) is 125 cm³/mol. The topological polar surface area (TPSA) is 88.6 Å². The molecule has 1 amide bonds. The highest BCUT2D eigenvalue weighted by Crippen LogP contribution is 2.26. The summed E-state index contributed by atoms with van der Waals surface area (Å²) in [4.78, 5) is 17.3. The summed E-state index contributed by atoms with van der Waals surface area (Å²) in [5, 5.41) is 2.88. The SMILES string of the molecule is Cc1ccc(S(=O)(=O)N2CCC[C@H]2C(=O)NCc2ccnc(OCc3ccccc3)c2)cc1. The van der Waals surface area contributed by atoms with Gasteiger partial charge in [-0.05, 0) is 49.1 Å². The van der Waals surface area contributed by atoms with E-state index in [9.17, 15) is 13.2 Å². The first kappa shape index (κ1) is 22.9. The zero-order valence-corrected chi connectivity index (χ0v) is 19.3. The van der Waals surface area contributed by atoms with Crippen LogP contribution in [-0.4, -0.2) is 36.2 Å². The van der Waals surface area contributed by atoms with E-state index in [1.165, 1.54) is 4.31 Å². The van der Waals surface area contributed by atoms with E-state index in [0.29, 0.717) is 31.9 Å². The number of sulfonamides is 1. The van der Waals surface area contributed by atoms with Gasteiger partial charge < -0.3 is 10.1 Å². The maximum absolute atomic E-state index is 13.1. The second-order valence-corrected chi connectivity index (χ2v) is 9.97. The third kappa shape index (κ3) is 5.58. The smallest absolute Gasteiger partial charge is 0.243 e. The first-order valence-electron chi connectivity index (χ1n) is 10.9. The lowest BCUT2D eigenvalue weighted by Crippen LogP contribution is -2.45. The molecule has 0 saturated carbocycles. The maximum atomic E-state index is 13.1. The van der Waals surface area contributed by atoms with Crippen LogP contribution in [0.15, 0.2) is 77.8 Å². The fourth-order valence-electron chi connectivity index (χ4n) is 3.81. The molecule has 0 aliphatic carbocycles. The van der Waals surface area contributed by atoms with Gasteiger partial charge in [0.1, 0.15) is 12.6 Å². The lowest BCUT2D eigenvalue weighted by molar-refractivity contribution is -0.124. The van der Waals surface area contributed by atoms with Crippen molar-refractivity contribution in [2.45, 2.75) is 43.9 Å². The number of pyridine rings is 1. The fraction of sp³-hybridized carbons (Fsp3) is 0.280. The second-order valence-electron chi connectivity index (χ2n) is 8.08. The van der Waals surface area contributed by atoms with E-state index in [0.717, 1.165) is 16.7 Å². The summed E-state index contributed by atoms with van der Waals surface area (Å²) >= 11 is 0. The van der Waals surface area contributed by atoms with Crippen molar-refractivity contribution in [1.29, 1.82) is 0 Å².